The molecule has 1 saturated heterocycles. The summed E-state index contributed by atoms with van der Waals surface area (Å²) in [7, 11) is 0. The standard InChI is InChI=1S/C16H15BrClN3O/c17-11-4-5-14(18)13(9-11)16(22)20-12-6-8-21(10-12)15-3-1-2-7-19-15/h1-5,7,9,12H,6,8,10H2,(H,20,22). The van der Waals surface area contributed by atoms with Gasteiger partial charge in [-0.1, -0.05) is 33.6 Å². The number of carbonyl (C=O) groups excluding carboxylic acids is 1. The lowest BCUT2D eigenvalue weighted by molar-refractivity contribution is 0.0940. The number of nitrogens with one attached hydrogen (secondary N) is 1. The number of rotatable bonds is 3. The van der Waals surface area contributed by atoms with Crippen molar-refractivity contribution in [1.82, 2.24) is 10.3 Å². The molecule has 3 rings (SSSR count). The molecule has 1 fully saturated rings. The van der Waals surface area contributed by atoms with Gasteiger partial charge in [0.1, 0.15) is 5.82 Å². The summed E-state index contributed by atoms with van der Waals surface area (Å²) in [6.07, 6.45) is 2.68. The molecule has 1 amide bonds. The van der Waals surface area contributed by atoms with Crippen LogP contribution in [-0.2, 0) is 0 Å². The summed E-state index contributed by atoms with van der Waals surface area (Å²) in [5.74, 6) is 0.805. The lowest BCUT2D eigenvalue weighted by Crippen LogP contribution is -2.37. The number of halogens is 2. The Morgan fingerprint density at radius 3 is 3.00 bits per heavy atom. The van der Waals surface area contributed by atoms with E-state index in [0.29, 0.717) is 10.6 Å². The van der Waals surface area contributed by atoms with Crippen LogP contribution in [-0.4, -0.2) is 30.0 Å². The minimum Gasteiger partial charge on any atom is -0.354 e. The number of benzene rings is 1. The second-order valence-corrected chi connectivity index (χ2v) is 6.54. The molecule has 4 nitrogen and oxygen atoms in total. The molecule has 0 radical (unpaired) electrons. The number of hydrogen-bond donors (Lipinski definition) is 1. The fraction of sp³-hybridized carbons (Fsp3) is 0.250. The fourth-order valence-corrected chi connectivity index (χ4v) is 3.13. The van der Waals surface area contributed by atoms with Crippen molar-refractivity contribution >= 4 is 39.3 Å². The minimum absolute atomic E-state index is 0.101. The molecule has 0 bridgehead atoms. The van der Waals surface area contributed by atoms with Crippen molar-refractivity contribution in [2.24, 2.45) is 0 Å². The van der Waals surface area contributed by atoms with Gasteiger partial charge in [-0.3, -0.25) is 4.79 Å². The summed E-state index contributed by atoms with van der Waals surface area (Å²) in [4.78, 5) is 18.9. The van der Waals surface area contributed by atoms with Gasteiger partial charge in [0.2, 0.25) is 0 Å². The summed E-state index contributed by atoms with van der Waals surface area (Å²) in [5, 5.41) is 3.51. The van der Waals surface area contributed by atoms with E-state index in [1.54, 1.807) is 18.3 Å². The Labute approximate surface area is 142 Å². The third-order valence-corrected chi connectivity index (χ3v) is 4.49. The fourth-order valence-electron chi connectivity index (χ4n) is 2.56. The monoisotopic (exact) mass is 379 g/mol. The molecule has 1 atom stereocenters. The van der Waals surface area contributed by atoms with Gasteiger partial charge in [-0.25, -0.2) is 4.98 Å². The van der Waals surface area contributed by atoms with Gasteiger partial charge in [-0.05, 0) is 36.8 Å². The van der Waals surface area contributed by atoms with Crippen LogP contribution in [0.15, 0.2) is 47.1 Å². The summed E-state index contributed by atoms with van der Waals surface area (Å²) in [6.45, 7) is 1.64. The minimum atomic E-state index is -0.140. The number of anilines is 1. The molecule has 0 aliphatic carbocycles. The zero-order valence-electron chi connectivity index (χ0n) is 11.8. The average Bonchev–Trinajstić information content (AvgIpc) is 2.99. The number of hydrogen-bond acceptors (Lipinski definition) is 3. The average molecular weight is 381 g/mol. The summed E-state index contributed by atoms with van der Waals surface area (Å²) >= 11 is 9.46. The van der Waals surface area contributed by atoms with Crippen molar-refractivity contribution in [1.29, 1.82) is 0 Å². The van der Waals surface area contributed by atoms with E-state index in [1.165, 1.54) is 0 Å². The molecule has 1 aliphatic rings. The number of nitrogens with zero attached hydrogens (tertiary/aromatic N) is 2. The van der Waals surface area contributed by atoms with Gasteiger partial charge in [0, 0.05) is 29.8 Å². The Kier molecular flexibility index (Phi) is 4.64. The van der Waals surface area contributed by atoms with Crippen LogP contribution in [0.25, 0.3) is 0 Å². The van der Waals surface area contributed by atoms with Crippen molar-refractivity contribution < 1.29 is 4.79 Å². The molecular weight excluding hydrogens is 366 g/mol. The third kappa shape index (κ3) is 3.42. The van der Waals surface area contributed by atoms with Gasteiger partial charge in [-0.2, -0.15) is 0 Å². The van der Waals surface area contributed by atoms with Crippen molar-refractivity contribution in [3.05, 3.63) is 57.7 Å². The lowest BCUT2D eigenvalue weighted by Gasteiger charge is -2.18. The van der Waals surface area contributed by atoms with Crippen LogP contribution < -0.4 is 10.2 Å². The predicted octanol–water partition coefficient (Wildman–Crippen LogP) is 3.51. The quantitative estimate of drug-likeness (QED) is 0.886. The third-order valence-electron chi connectivity index (χ3n) is 3.67. The zero-order chi connectivity index (χ0) is 15.5. The molecule has 2 heterocycles. The van der Waals surface area contributed by atoms with Crippen molar-refractivity contribution in [3.8, 4) is 0 Å². The van der Waals surface area contributed by atoms with E-state index < -0.39 is 0 Å². The van der Waals surface area contributed by atoms with Crippen LogP contribution in [0.2, 0.25) is 5.02 Å². The predicted molar refractivity (Wildman–Crippen MR) is 91.5 cm³/mol. The van der Waals surface area contributed by atoms with E-state index in [4.69, 9.17) is 11.6 Å². The first-order valence-corrected chi connectivity index (χ1v) is 8.22. The van der Waals surface area contributed by atoms with Crippen LogP contribution in [0.4, 0.5) is 5.82 Å². The van der Waals surface area contributed by atoms with E-state index in [9.17, 15) is 4.79 Å². The molecule has 1 unspecified atom stereocenters. The first kappa shape index (κ1) is 15.3. The molecule has 114 valence electrons. The zero-order valence-corrected chi connectivity index (χ0v) is 14.1. The molecule has 22 heavy (non-hydrogen) atoms. The maximum Gasteiger partial charge on any atom is 0.253 e. The highest BCUT2D eigenvalue weighted by molar-refractivity contribution is 9.10. The normalized spacial score (nSPS) is 17.5. The summed E-state index contributed by atoms with van der Waals surface area (Å²) in [6, 6.07) is 11.2. The number of pyridine rings is 1. The molecule has 0 spiro atoms. The highest BCUT2D eigenvalue weighted by atomic mass is 79.9. The molecule has 1 N–H and O–H groups in total. The molecule has 0 saturated carbocycles. The summed E-state index contributed by atoms with van der Waals surface area (Å²) in [5.41, 5.74) is 0.493. The number of carbonyl (C=O) groups is 1. The van der Waals surface area contributed by atoms with Crippen LogP contribution in [0.1, 0.15) is 16.8 Å². The molecule has 2 aromatic rings. The van der Waals surface area contributed by atoms with Crippen molar-refractivity contribution in [3.63, 3.8) is 0 Å². The Morgan fingerprint density at radius 2 is 2.23 bits per heavy atom. The number of amides is 1. The topological polar surface area (TPSA) is 45.2 Å². The number of aromatic nitrogens is 1. The Morgan fingerprint density at radius 1 is 1.36 bits per heavy atom. The van der Waals surface area contributed by atoms with E-state index in [-0.39, 0.29) is 11.9 Å². The second kappa shape index (κ2) is 6.67. The first-order chi connectivity index (χ1) is 10.6. The van der Waals surface area contributed by atoms with Gasteiger partial charge in [0.15, 0.2) is 0 Å². The molecular formula is C16H15BrClN3O. The van der Waals surface area contributed by atoms with Gasteiger partial charge in [0.25, 0.3) is 5.91 Å². The summed E-state index contributed by atoms with van der Waals surface area (Å²) < 4.78 is 0.837. The highest BCUT2D eigenvalue weighted by Crippen LogP contribution is 2.22. The first-order valence-electron chi connectivity index (χ1n) is 7.05. The van der Waals surface area contributed by atoms with Gasteiger partial charge >= 0.3 is 0 Å². The Bertz CT molecular complexity index is 680. The maximum atomic E-state index is 12.4. The van der Waals surface area contributed by atoms with Gasteiger partial charge in [-0.15, -0.1) is 0 Å². The van der Waals surface area contributed by atoms with Crippen molar-refractivity contribution in [2.75, 3.05) is 18.0 Å². The van der Waals surface area contributed by atoms with E-state index >= 15 is 0 Å². The van der Waals surface area contributed by atoms with E-state index in [2.05, 4.69) is 31.1 Å². The van der Waals surface area contributed by atoms with E-state index in [1.807, 2.05) is 24.3 Å². The van der Waals surface area contributed by atoms with Crippen LogP contribution in [0.5, 0.6) is 0 Å². The lowest BCUT2D eigenvalue weighted by atomic mass is 10.2. The second-order valence-electron chi connectivity index (χ2n) is 5.22. The van der Waals surface area contributed by atoms with Gasteiger partial charge < -0.3 is 10.2 Å². The molecule has 1 aromatic heterocycles. The van der Waals surface area contributed by atoms with Crippen LogP contribution in [0.3, 0.4) is 0 Å². The molecule has 1 aromatic carbocycles. The van der Waals surface area contributed by atoms with Crippen LogP contribution >= 0.6 is 27.5 Å². The van der Waals surface area contributed by atoms with E-state index in [0.717, 1.165) is 29.8 Å². The molecule has 6 heteroatoms. The largest absolute Gasteiger partial charge is 0.354 e. The van der Waals surface area contributed by atoms with Crippen LogP contribution in [0, 0.1) is 0 Å². The maximum absolute atomic E-state index is 12.4. The highest BCUT2D eigenvalue weighted by Gasteiger charge is 2.25. The Balaban J connectivity index is 1.65. The van der Waals surface area contributed by atoms with Crippen molar-refractivity contribution in [2.45, 2.75) is 12.5 Å². The Hall–Kier alpha value is -1.59. The molecule has 1 aliphatic heterocycles. The van der Waals surface area contributed by atoms with Gasteiger partial charge in [0.05, 0.1) is 10.6 Å². The SMILES string of the molecule is O=C(NC1CCN(c2ccccn2)C1)c1cc(Br)ccc1Cl. The smallest absolute Gasteiger partial charge is 0.253 e.